The van der Waals surface area contributed by atoms with Gasteiger partial charge in [0.25, 0.3) is 0 Å². The number of nitrogens with zero attached hydrogens (tertiary/aromatic N) is 4. The molecule has 1 atom stereocenters. The number of anilines is 1. The topological polar surface area (TPSA) is 93.4 Å². The van der Waals surface area contributed by atoms with Crippen LogP contribution in [0.1, 0.15) is 35.6 Å². The van der Waals surface area contributed by atoms with Crippen LogP contribution in [0.25, 0.3) is 0 Å². The number of fused-ring (bicyclic) bond motifs is 3. The van der Waals surface area contributed by atoms with Crippen LogP contribution in [-0.2, 0) is 6.54 Å². The van der Waals surface area contributed by atoms with Crippen molar-refractivity contribution in [3.8, 4) is 6.01 Å². The summed E-state index contributed by atoms with van der Waals surface area (Å²) in [6.45, 7) is 5.67. The molecule has 3 aliphatic rings. The number of nitro groups is 1. The lowest BCUT2D eigenvalue weighted by molar-refractivity contribution is -0.385. The van der Waals surface area contributed by atoms with E-state index in [0.717, 1.165) is 18.0 Å². The van der Waals surface area contributed by atoms with Crippen LogP contribution >= 0.6 is 0 Å². The molecule has 8 heteroatoms. The lowest BCUT2D eigenvalue weighted by atomic mass is 9.75. The highest BCUT2D eigenvalue weighted by molar-refractivity contribution is 5.59. The van der Waals surface area contributed by atoms with Crippen LogP contribution in [0.3, 0.4) is 0 Å². The van der Waals surface area contributed by atoms with Crippen molar-refractivity contribution in [2.75, 3.05) is 32.1 Å². The molecule has 0 radical (unpaired) electrons. The molecule has 3 fully saturated rings. The Morgan fingerprint density at radius 2 is 1.96 bits per heavy atom. The van der Waals surface area contributed by atoms with Gasteiger partial charge in [-0.25, -0.2) is 0 Å². The average Bonchev–Trinajstić information content (AvgIpc) is 2.72. The summed E-state index contributed by atoms with van der Waals surface area (Å²) in [6.07, 6.45) is 2.60. The van der Waals surface area contributed by atoms with Gasteiger partial charge in [0, 0.05) is 13.1 Å². The summed E-state index contributed by atoms with van der Waals surface area (Å²) >= 11 is 0. The molecule has 2 bridgehead atoms. The molecule has 1 N–H and O–H groups in total. The minimum Gasteiger partial charge on any atom is -0.467 e. The standard InChI is InChI=1S/C20H25N5O3/c1-13-18(25(26)27)19(23-20(22-13)28-2)21-11-14-3-5-15(6-4-14)17-12-24-9-7-16(17)8-10-24/h3-6,16-17H,7-12H2,1-2H3,(H,21,22,23). The smallest absolute Gasteiger partial charge is 0.332 e. The molecule has 0 spiro atoms. The van der Waals surface area contributed by atoms with Crippen LogP contribution in [0.4, 0.5) is 11.5 Å². The number of aryl methyl sites for hydroxylation is 1. The number of nitrogens with one attached hydrogen (secondary N) is 1. The summed E-state index contributed by atoms with van der Waals surface area (Å²) in [4.78, 5) is 21.6. The Labute approximate surface area is 164 Å². The first kappa shape index (κ1) is 18.6. The highest BCUT2D eigenvalue weighted by Crippen LogP contribution is 2.39. The fourth-order valence-electron chi connectivity index (χ4n) is 4.39. The van der Waals surface area contributed by atoms with Crippen LogP contribution in [-0.4, -0.2) is 46.5 Å². The molecular weight excluding hydrogens is 358 g/mol. The van der Waals surface area contributed by atoms with Gasteiger partial charge in [0.05, 0.1) is 12.0 Å². The summed E-state index contributed by atoms with van der Waals surface area (Å²) in [7, 11) is 1.44. The largest absolute Gasteiger partial charge is 0.467 e. The maximum atomic E-state index is 11.4. The Bertz CT molecular complexity index is 863. The van der Waals surface area contributed by atoms with Crippen LogP contribution in [0.15, 0.2) is 24.3 Å². The molecule has 2 aromatic rings. The van der Waals surface area contributed by atoms with E-state index in [-0.39, 0.29) is 23.2 Å². The molecule has 1 unspecified atom stereocenters. The molecule has 0 saturated carbocycles. The molecule has 8 nitrogen and oxygen atoms in total. The second-order valence-corrected chi connectivity index (χ2v) is 7.59. The molecule has 1 aromatic carbocycles. The first-order valence-corrected chi connectivity index (χ1v) is 9.67. The van der Waals surface area contributed by atoms with Crippen molar-refractivity contribution < 1.29 is 9.66 Å². The third-order valence-electron chi connectivity index (χ3n) is 5.93. The van der Waals surface area contributed by atoms with E-state index >= 15 is 0 Å². The fraction of sp³-hybridized carbons (Fsp3) is 0.500. The van der Waals surface area contributed by atoms with Gasteiger partial charge in [0.15, 0.2) is 0 Å². The van der Waals surface area contributed by atoms with Crippen LogP contribution in [0.5, 0.6) is 6.01 Å². The van der Waals surface area contributed by atoms with E-state index < -0.39 is 4.92 Å². The molecule has 1 aromatic heterocycles. The summed E-state index contributed by atoms with van der Waals surface area (Å²) < 4.78 is 5.04. The van der Waals surface area contributed by atoms with Gasteiger partial charge in [-0.2, -0.15) is 9.97 Å². The third kappa shape index (κ3) is 3.64. The highest BCUT2D eigenvalue weighted by Gasteiger charge is 2.34. The molecular formula is C20H25N5O3. The van der Waals surface area contributed by atoms with Gasteiger partial charge in [0.2, 0.25) is 5.82 Å². The molecule has 3 aliphatic heterocycles. The first-order valence-electron chi connectivity index (χ1n) is 9.67. The van der Waals surface area contributed by atoms with E-state index in [2.05, 4.69) is 44.5 Å². The second kappa shape index (κ2) is 7.71. The number of hydrogen-bond acceptors (Lipinski definition) is 7. The Morgan fingerprint density at radius 3 is 2.54 bits per heavy atom. The van der Waals surface area contributed by atoms with E-state index in [0.29, 0.717) is 12.5 Å². The van der Waals surface area contributed by atoms with Crippen molar-refractivity contribution in [3.63, 3.8) is 0 Å². The van der Waals surface area contributed by atoms with Gasteiger partial charge < -0.3 is 15.0 Å². The zero-order chi connectivity index (χ0) is 19.7. The van der Waals surface area contributed by atoms with Crippen molar-refractivity contribution >= 4 is 11.5 Å². The first-order chi connectivity index (χ1) is 13.5. The molecule has 148 valence electrons. The summed E-state index contributed by atoms with van der Waals surface area (Å²) in [5.41, 5.74) is 2.60. The van der Waals surface area contributed by atoms with Gasteiger partial charge in [-0.05, 0) is 55.8 Å². The Balaban J connectivity index is 1.47. The quantitative estimate of drug-likeness (QED) is 0.605. The lowest BCUT2D eigenvalue weighted by Gasteiger charge is -2.45. The minimum absolute atomic E-state index is 0.114. The van der Waals surface area contributed by atoms with Gasteiger partial charge in [-0.1, -0.05) is 24.3 Å². The van der Waals surface area contributed by atoms with E-state index in [1.165, 1.54) is 38.6 Å². The van der Waals surface area contributed by atoms with Gasteiger partial charge in [-0.15, -0.1) is 0 Å². The van der Waals surface area contributed by atoms with Crippen LogP contribution in [0.2, 0.25) is 0 Å². The normalized spacial score (nSPS) is 23.4. The van der Waals surface area contributed by atoms with E-state index in [9.17, 15) is 10.1 Å². The molecule has 3 saturated heterocycles. The number of aromatic nitrogens is 2. The Hall–Kier alpha value is -2.74. The third-order valence-corrected chi connectivity index (χ3v) is 5.93. The van der Waals surface area contributed by atoms with Crippen molar-refractivity contribution in [2.24, 2.45) is 5.92 Å². The number of piperidine rings is 3. The Morgan fingerprint density at radius 1 is 1.25 bits per heavy atom. The van der Waals surface area contributed by atoms with Gasteiger partial charge >= 0.3 is 11.7 Å². The lowest BCUT2D eigenvalue weighted by Crippen LogP contribution is -2.46. The van der Waals surface area contributed by atoms with E-state index in [4.69, 9.17) is 4.74 Å². The second-order valence-electron chi connectivity index (χ2n) is 7.59. The fourth-order valence-corrected chi connectivity index (χ4v) is 4.39. The SMILES string of the molecule is COc1nc(C)c([N+](=O)[O-])c(NCc2ccc(C3CN4CCC3CC4)cc2)n1. The maximum absolute atomic E-state index is 11.4. The summed E-state index contributed by atoms with van der Waals surface area (Å²) in [5, 5.41) is 14.4. The van der Waals surface area contributed by atoms with Crippen molar-refractivity contribution in [2.45, 2.75) is 32.2 Å². The highest BCUT2D eigenvalue weighted by atomic mass is 16.6. The maximum Gasteiger partial charge on any atom is 0.332 e. The van der Waals surface area contributed by atoms with Crippen molar-refractivity contribution in [1.29, 1.82) is 0 Å². The molecule has 0 amide bonds. The number of hydrogen-bond donors (Lipinski definition) is 1. The van der Waals surface area contributed by atoms with Crippen molar-refractivity contribution in [1.82, 2.24) is 14.9 Å². The summed E-state index contributed by atoms with van der Waals surface area (Å²) in [5.74, 6) is 1.60. The van der Waals surface area contributed by atoms with Crippen LogP contribution < -0.4 is 10.1 Å². The van der Waals surface area contributed by atoms with Gasteiger partial charge in [0.1, 0.15) is 5.69 Å². The molecule has 0 aliphatic carbocycles. The van der Waals surface area contributed by atoms with E-state index in [1.807, 2.05) is 0 Å². The predicted octanol–water partition coefficient (Wildman–Crippen LogP) is 3.12. The zero-order valence-electron chi connectivity index (χ0n) is 16.2. The molecule has 4 heterocycles. The Kier molecular flexibility index (Phi) is 5.13. The van der Waals surface area contributed by atoms with Crippen molar-refractivity contribution in [3.05, 3.63) is 51.2 Å². The predicted molar refractivity (Wildman–Crippen MR) is 106 cm³/mol. The van der Waals surface area contributed by atoms with Gasteiger partial charge in [-0.3, -0.25) is 10.1 Å². The average molecular weight is 383 g/mol. The van der Waals surface area contributed by atoms with Crippen LogP contribution in [0, 0.1) is 23.0 Å². The monoisotopic (exact) mass is 383 g/mol. The van der Waals surface area contributed by atoms with E-state index in [1.54, 1.807) is 6.92 Å². The number of methoxy groups -OCH3 is 1. The number of rotatable bonds is 6. The number of ether oxygens (including phenoxy) is 1. The number of benzene rings is 1. The molecule has 5 rings (SSSR count). The molecule has 28 heavy (non-hydrogen) atoms. The zero-order valence-corrected chi connectivity index (χ0v) is 16.2. The summed E-state index contributed by atoms with van der Waals surface area (Å²) in [6, 6.07) is 8.70. The minimum atomic E-state index is -0.465.